The summed E-state index contributed by atoms with van der Waals surface area (Å²) in [5, 5.41) is 6.82. The summed E-state index contributed by atoms with van der Waals surface area (Å²) < 4.78 is 5.36. The van der Waals surface area contributed by atoms with Crippen molar-refractivity contribution in [3.63, 3.8) is 0 Å². The van der Waals surface area contributed by atoms with Gasteiger partial charge in [-0.1, -0.05) is 12.1 Å². The molecule has 1 saturated heterocycles. The van der Waals surface area contributed by atoms with Gasteiger partial charge in [0, 0.05) is 31.3 Å². The monoisotopic (exact) mass is 360 g/mol. The van der Waals surface area contributed by atoms with Crippen LogP contribution in [0.2, 0.25) is 0 Å². The van der Waals surface area contributed by atoms with Gasteiger partial charge in [0.05, 0.1) is 13.1 Å². The van der Waals surface area contributed by atoms with Crippen molar-refractivity contribution in [3.8, 4) is 0 Å². The zero-order valence-corrected chi connectivity index (χ0v) is 15.3. The molecule has 0 bridgehead atoms. The quantitative estimate of drug-likeness (QED) is 0.811. The Hall–Kier alpha value is -2.77. The molecule has 1 unspecified atom stereocenters. The molecule has 0 radical (unpaired) electrons. The van der Waals surface area contributed by atoms with E-state index in [4.69, 9.17) is 9.57 Å². The molecule has 1 atom stereocenters. The fourth-order valence-corrected chi connectivity index (χ4v) is 3.22. The van der Waals surface area contributed by atoms with E-state index in [1.807, 2.05) is 30.1 Å². The Morgan fingerprint density at radius 2 is 2.23 bits per heavy atom. The molecule has 1 aromatic carbocycles. The van der Waals surface area contributed by atoms with Crippen molar-refractivity contribution in [1.29, 1.82) is 0 Å². The molecular weight excluding hydrogens is 336 g/mol. The first kappa shape index (κ1) is 18.0. The van der Waals surface area contributed by atoms with Gasteiger partial charge in [0.15, 0.2) is 0 Å². The number of carbonyl (C=O) groups is 2. The van der Waals surface area contributed by atoms with E-state index in [1.165, 1.54) is 7.11 Å². The van der Waals surface area contributed by atoms with Crippen molar-refractivity contribution < 1.29 is 19.2 Å². The number of amides is 2. The maximum Gasteiger partial charge on any atom is 0.414 e. The van der Waals surface area contributed by atoms with Gasteiger partial charge in [0.1, 0.15) is 19.0 Å². The lowest BCUT2D eigenvalue weighted by atomic mass is 10.0. The smallest absolute Gasteiger partial charge is 0.414 e. The van der Waals surface area contributed by atoms with E-state index in [-0.39, 0.29) is 18.1 Å². The second-order valence-electron chi connectivity index (χ2n) is 6.34. The molecule has 0 aliphatic carbocycles. The Balaban J connectivity index is 1.72. The number of nitrogens with zero attached hydrogens (tertiary/aromatic N) is 3. The summed E-state index contributed by atoms with van der Waals surface area (Å²) in [4.78, 5) is 32.1. The number of benzene rings is 1. The molecule has 0 aromatic heterocycles. The molecule has 0 saturated carbocycles. The summed E-state index contributed by atoms with van der Waals surface area (Å²) in [7, 11) is 3.49. The molecule has 2 amide bonds. The molecule has 1 N–H and O–H groups in total. The Kier molecular flexibility index (Phi) is 5.29. The average molecular weight is 360 g/mol. The molecule has 1 fully saturated rings. The standard InChI is InChI=1S/C18H24N4O4/c1-4-17(23)19-10-14-11-22(18(24)26-14)13-6-7-15-12(9-13)5-8-16(20-25-3)21(15)2/h6-7,9,14H,4-5,8,10-11H2,1-3H3,(H,19,23). The highest BCUT2D eigenvalue weighted by Crippen LogP contribution is 2.32. The van der Waals surface area contributed by atoms with Gasteiger partial charge >= 0.3 is 6.09 Å². The molecule has 8 heteroatoms. The van der Waals surface area contributed by atoms with E-state index in [2.05, 4.69) is 10.5 Å². The van der Waals surface area contributed by atoms with Crippen LogP contribution in [-0.2, 0) is 20.8 Å². The fourth-order valence-electron chi connectivity index (χ4n) is 3.22. The Labute approximate surface area is 152 Å². The van der Waals surface area contributed by atoms with Crippen molar-refractivity contribution in [3.05, 3.63) is 23.8 Å². The van der Waals surface area contributed by atoms with Crippen LogP contribution in [0.15, 0.2) is 23.4 Å². The van der Waals surface area contributed by atoms with Gasteiger partial charge in [-0.15, -0.1) is 0 Å². The van der Waals surface area contributed by atoms with E-state index >= 15 is 0 Å². The van der Waals surface area contributed by atoms with Gasteiger partial charge < -0.3 is 19.8 Å². The van der Waals surface area contributed by atoms with E-state index in [0.717, 1.165) is 35.6 Å². The van der Waals surface area contributed by atoms with Gasteiger partial charge in [0.25, 0.3) is 0 Å². The highest BCUT2D eigenvalue weighted by molar-refractivity contribution is 6.00. The first-order chi connectivity index (χ1) is 12.5. The van der Waals surface area contributed by atoms with Crippen LogP contribution in [0.1, 0.15) is 25.3 Å². The Morgan fingerprint density at radius 3 is 2.96 bits per heavy atom. The summed E-state index contributed by atoms with van der Waals surface area (Å²) in [5.74, 6) is 0.824. The SMILES string of the molecule is CCC(=O)NCC1CN(c2ccc3c(c2)CCC(=NOC)N3C)C(=O)O1. The van der Waals surface area contributed by atoms with Crippen molar-refractivity contribution in [2.24, 2.45) is 5.16 Å². The van der Waals surface area contributed by atoms with E-state index in [1.54, 1.807) is 11.8 Å². The summed E-state index contributed by atoms with van der Waals surface area (Å²) in [6.07, 6.45) is 1.30. The summed E-state index contributed by atoms with van der Waals surface area (Å²) >= 11 is 0. The third-order valence-electron chi connectivity index (χ3n) is 4.66. The zero-order chi connectivity index (χ0) is 18.7. The molecule has 26 heavy (non-hydrogen) atoms. The highest BCUT2D eigenvalue weighted by atomic mass is 16.6. The Bertz CT molecular complexity index is 734. The number of hydrogen-bond acceptors (Lipinski definition) is 5. The average Bonchev–Trinajstić information content (AvgIpc) is 3.02. The molecule has 2 aliphatic rings. The van der Waals surface area contributed by atoms with Crippen molar-refractivity contribution in [2.45, 2.75) is 32.3 Å². The van der Waals surface area contributed by atoms with Crippen molar-refractivity contribution in [2.75, 3.05) is 37.0 Å². The molecular formula is C18H24N4O4. The number of fused-ring (bicyclic) bond motifs is 1. The second kappa shape index (κ2) is 7.63. The second-order valence-corrected chi connectivity index (χ2v) is 6.34. The van der Waals surface area contributed by atoms with E-state index < -0.39 is 0 Å². The number of nitrogens with one attached hydrogen (secondary N) is 1. The van der Waals surface area contributed by atoms with Crippen molar-refractivity contribution in [1.82, 2.24) is 5.32 Å². The molecule has 8 nitrogen and oxygen atoms in total. The summed E-state index contributed by atoms with van der Waals surface area (Å²) in [5.41, 5.74) is 3.00. The number of rotatable bonds is 5. The number of hydrogen-bond donors (Lipinski definition) is 1. The molecule has 1 aromatic rings. The largest absolute Gasteiger partial charge is 0.442 e. The minimum atomic E-state index is -0.383. The minimum Gasteiger partial charge on any atom is -0.442 e. The molecule has 3 rings (SSSR count). The van der Waals surface area contributed by atoms with Crippen LogP contribution < -0.4 is 15.1 Å². The van der Waals surface area contributed by atoms with E-state index in [0.29, 0.717) is 19.5 Å². The molecule has 140 valence electrons. The number of amidine groups is 1. The highest BCUT2D eigenvalue weighted by Gasteiger charge is 2.33. The van der Waals surface area contributed by atoms with E-state index in [9.17, 15) is 9.59 Å². The van der Waals surface area contributed by atoms with Crippen LogP contribution in [0, 0.1) is 0 Å². The third-order valence-corrected chi connectivity index (χ3v) is 4.66. The maximum atomic E-state index is 12.2. The van der Waals surface area contributed by atoms with Gasteiger partial charge in [-0.05, 0) is 30.2 Å². The van der Waals surface area contributed by atoms with Crippen LogP contribution in [0.25, 0.3) is 0 Å². The van der Waals surface area contributed by atoms with Crippen LogP contribution in [0.3, 0.4) is 0 Å². The number of aryl methyl sites for hydroxylation is 1. The first-order valence-corrected chi connectivity index (χ1v) is 8.75. The maximum absolute atomic E-state index is 12.2. The topological polar surface area (TPSA) is 83.5 Å². The predicted molar refractivity (Wildman–Crippen MR) is 98.5 cm³/mol. The molecule has 0 spiro atoms. The fraction of sp³-hybridized carbons (Fsp3) is 0.500. The van der Waals surface area contributed by atoms with Crippen LogP contribution >= 0.6 is 0 Å². The van der Waals surface area contributed by atoms with Crippen LogP contribution in [0.4, 0.5) is 16.2 Å². The third kappa shape index (κ3) is 3.58. The van der Waals surface area contributed by atoms with Gasteiger partial charge in [-0.3, -0.25) is 9.69 Å². The van der Waals surface area contributed by atoms with Crippen LogP contribution in [-0.4, -0.2) is 51.2 Å². The lowest BCUT2D eigenvalue weighted by Gasteiger charge is -2.29. The number of carbonyl (C=O) groups excluding carboxylic acids is 2. The number of ether oxygens (including phenoxy) is 1. The minimum absolute atomic E-state index is 0.0511. The molecule has 2 aliphatic heterocycles. The zero-order valence-electron chi connectivity index (χ0n) is 15.3. The van der Waals surface area contributed by atoms with Gasteiger partial charge in [0.2, 0.25) is 5.91 Å². The number of anilines is 2. The number of cyclic esters (lactones) is 1. The van der Waals surface area contributed by atoms with Gasteiger partial charge in [-0.2, -0.15) is 0 Å². The normalized spacial score (nSPS) is 20.8. The lowest BCUT2D eigenvalue weighted by molar-refractivity contribution is -0.121. The Morgan fingerprint density at radius 1 is 1.42 bits per heavy atom. The van der Waals surface area contributed by atoms with Crippen LogP contribution in [0.5, 0.6) is 0 Å². The summed E-state index contributed by atoms with van der Waals surface area (Å²) in [6.45, 7) is 2.54. The van der Waals surface area contributed by atoms with Gasteiger partial charge in [-0.25, -0.2) is 4.79 Å². The summed E-state index contributed by atoms with van der Waals surface area (Å²) in [6, 6.07) is 5.90. The van der Waals surface area contributed by atoms with Crippen molar-refractivity contribution >= 4 is 29.2 Å². The first-order valence-electron chi connectivity index (χ1n) is 8.75. The number of oxime groups is 1. The predicted octanol–water partition coefficient (Wildman–Crippen LogP) is 1.88. The molecule has 2 heterocycles. The lowest BCUT2D eigenvalue weighted by Crippen LogP contribution is -2.34.